The third-order valence-electron chi connectivity index (χ3n) is 6.74. The first-order valence-electron chi connectivity index (χ1n) is 12.4. The first-order valence-corrected chi connectivity index (χ1v) is 13.2. The van der Waals surface area contributed by atoms with E-state index in [9.17, 15) is 9.50 Å². The van der Waals surface area contributed by atoms with Gasteiger partial charge in [0.05, 0.1) is 0 Å². The lowest BCUT2D eigenvalue weighted by atomic mass is 9.90. The number of benzene rings is 2. The summed E-state index contributed by atoms with van der Waals surface area (Å²) in [4.78, 5) is 25.2. The van der Waals surface area contributed by atoms with E-state index in [2.05, 4.69) is 28.9 Å². The van der Waals surface area contributed by atoms with Crippen LogP contribution in [0.25, 0.3) is 21.0 Å². The molecule has 3 heterocycles. The molecule has 5 rings (SSSR count). The SMILES string of the molecule is Cc1cc2c(OC[C@@H](O)CN3CC[C@H](c4cc5ccc(F)cc5s4)C[C@H]3C)cccc2[nH]1.O=C(O)C(=O)O. The molecule has 0 radical (unpaired) electrons. The number of ether oxygens (including phenoxy) is 1. The molecule has 38 heavy (non-hydrogen) atoms. The Morgan fingerprint density at radius 2 is 1.95 bits per heavy atom. The van der Waals surface area contributed by atoms with Gasteiger partial charge >= 0.3 is 11.9 Å². The van der Waals surface area contributed by atoms with Gasteiger partial charge in [0, 0.05) is 38.8 Å². The number of β-amino-alcohol motifs (C(OH)–C–C–N with tert-alkyl or cyclic N) is 1. The summed E-state index contributed by atoms with van der Waals surface area (Å²) < 4.78 is 20.5. The monoisotopic (exact) mass is 542 g/mol. The Balaban J connectivity index is 0.000000505. The molecule has 3 atom stereocenters. The minimum Gasteiger partial charge on any atom is -0.490 e. The highest BCUT2D eigenvalue weighted by Crippen LogP contribution is 2.38. The maximum Gasteiger partial charge on any atom is 0.414 e. The molecular formula is C28H31FN2O6S. The number of halogens is 1. The second kappa shape index (κ2) is 11.9. The number of aliphatic carboxylic acids is 2. The normalized spacial score (nSPS) is 18.6. The number of hydrogen-bond donors (Lipinski definition) is 4. The number of aliphatic hydroxyl groups excluding tert-OH is 1. The Morgan fingerprint density at radius 3 is 2.66 bits per heavy atom. The van der Waals surface area contributed by atoms with Crippen LogP contribution in [-0.4, -0.2) is 69.0 Å². The van der Waals surface area contributed by atoms with Crippen molar-refractivity contribution in [1.82, 2.24) is 9.88 Å². The lowest BCUT2D eigenvalue weighted by Crippen LogP contribution is -2.45. The van der Waals surface area contributed by atoms with Crippen LogP contribution in [0.2, 0.25) is 0 Å². The predicted molar refractivity (Wildman–Crippen MR) is 145 cm³/mol. The molecule has 4 N–H and O–H groups in total. The Labute approximate surface area is 223 Å². The second-order valence-electron chi connectivity index (χ2n) is 9.64. The zero-order valence-electron chi connectivity index (χ0n) is 21.2. The van der Waals surface area contributed by atoms with E-state index in [4.69, 9.17) is 24.5 Å². The standard InChI is InChI=1S/C26H29FN2O2S.C2H2O4/c1-16-10-22-23(28-16)4-3-5-24(22)31-15-21(30)14-29-9-8-19(11-17(29)2)25-12-18-6-7-20(27)13-26(18)32-25;3-1(4)2(5)6/h3-7,10,12-13,17,19,21,28,30H,8-9,11,14-15H2,1-2H3;(H,3,4)(H,5,6)/t17-,19+,21+;/m1./s1. The van der Waals surface area contributed by atoms with Gasteiger partial charge in [-0.2, -0.15) is 0 Å². The first-order chi connectivity index (χ1) is 18.1. The average molecular weight is 543 g/mol. The highest BCUT2D eigenvalue weighted by molar-refractivity contribution is 7.19. The van der Waals surface area contributed by atoms with Crippen LogP contribution in [0.3, 0.4) is 0 Å². The molecule has 0 spiro atoms. The highest BCUT2D eigenvalue weighted by atomic mass is 32.1. The molecule has 0 unspecified atom stereocenters. The van der Waals surface area contributed by atoms with Gasteiger partial charge < -0.3 is 25.0 Å². The van der Waals surface area contributed by atoms with Gasteiger partial charge in [-0.05, 0) is 80.9 Å². The summed E-state index contributed by atoms with van der Waals surface area (Å²) in [6.45, 7) is 6.08. The fraction of sp³-hybridized carbons (Fsp3) is 0.357. The van der Waals surface area contributed by atoms with E-state index < -0.39 is 18.0 Å². The smallest absolute Gasteiger partial charge is 0.414 e. The van der Waals surface area contributed by atoms with Gasteiger partial charge in [-0.1, -0.05) is 12.1 Å². The van der Waals surface area contributed by atoms with Gasteiger partial charge in [0.2, 0.25) is 0 Å². The van der Waals surface area contributed by atoms with Crippen LogP contribution in [0.5, 0.6) is 5.75 Å². The molecule has 0 aliphatic carbocycles. The van der Waals surface area contributed by atoms with E-state index >= 15 is 0 Å². The van der Waals surface area contributed by atoms with Crippen LogP contribution in [-0.2, 0) is 9.59 Å². The number of thiophene rings is 1. The van der Waals surface area contributed by atoms with Gasteiger partial charge in [0.25, 0.3) is 0 Å². The summed E-state index contributed by atoms with van der Waals surface area (Å²) in [6.07, 6.45) is 1.55. The maximum atomic E-state index is 13.5. The topological polar surface area (TPSA) is 123 Å². The molecule has 0 saturated carbocycles. The molecule has 2 aromatic carbocycles. The molecule has 1 saturated heterocycles. The lowest BCUT2D eigenvalue weighted by Gasteiger charge is -2.38. The maximum absolute atomic E-state index is 13.5. The molecule has 2 aromatic heterocycles. The minimum absolute atomic E-state index is 0.173. The molecular weight excluding hydrogens is 511 g/mol. The molecule has 4 aromatic rings. The predicted octanol–water partition coefficient (Wildman–Crippen LogP) is 4.99. The second-order valence-corrected chi connectivity index (χ2v) is 10.8. The number of nitrogens with one attached hydrogen (secondary N) is 1. The quantitative estimate of drug-likeness (QED) is 0.253. The number of aliphatic hydroxyl groups is 1. The zero-order chi connectivity index (χ0) is 27.4. The van der Waals surface area contributed by atoms with Crippen LogP contribution >= 0.6 is 11.3 Å². The Morgan fingerprint density at radius 1 is 1.18 bits per heavy atom. The molecule has 10 heteroatoms. The number of likely N-dealkylation sites (tertiary alicyclic amines) is 1. The number of hydrogen-bond acceptors (Lipinski definition) is 6. The summed E-state index contributed by atoms with van der Waals surface area (Å²) in [5.41, 5.74) is 2.14. The summed E-state index contributed by atoms with van der Waals surface area (Å²) >= 11 is 1.71. The van der Waals surface area contributed by atoms with Crippen molar-refractivity contribution < 1.29 is 34.0 Å². The summed E-state index contributed by atoms with van der Waals surface area (Å²) in [5.74, 6) is -2.53. The van der Waals surface area contributed by atoms with E-state index in [1.165, 1.54) is 10.9 Å². The number of carboxylic acid groups (broad SMARTS) is 2. The van der Waals surface area contributed by atoms with Crippen LogP contribution in [0, 0.1) is 12.7 Å². The Hall–Kier alpha value is -3.47. The summed E-state index contributed by atoms with van der Waals surface area (Å²) in [7, 11) is 0. The van der Waals surface area contributed by atoms with Crippen LogP contribution in [0.1, 0.15) is 36.3 Å². The van der Waals surface area contributed by atoms with Crippen LogP contribution in [0.15, 0.2) is 48.5 Å². The number of fused-ring (bicyclic) bond motifs is 2. The number of carbonyl (C=O) groups is 2. The van der Waals surface area contributed by atoms with Crippen molar-refractivity contribution in [2.45, 2.75) is 44.8 Å². The minimum atomic E-state index is -1.82. The lowest BCUT2D eigenvalue weighted by molar-refractivity contribution is -0.159. The molecule has 202 valence electrons. The third kappa shape index (κ3) is 6.69. The largest absolute Gasteiger partial charge is 0.490 e. The molecule has 1 fully saturated rings. The number of piperidine rings is 1. The van der Waals surface area contributed by atoms with Gasteiger partial charge in [0.1, 0.15) is 24.3 Å². The van der Waals surface area contributed by atoms with Crippen molar-refractivity contribution in [3.63, 3.8) is 0 Å². The number of aromatic nitrogens is 1. The molecule has 1 aliphatic rings. The van der Waals surface area contributed by atoms with Gasteiger partial charge in [-0.3, -0.25) is 4.90 Å². The Bertz CT molecular complexity index is 1420. The number of nitrogens with zero attached hydrogens (tertiary/aromatic N) is 1. The molecule has 0 bridgehead atoms. The van der Waals surface area contributed by atoms with E-state index in [-0.39, 0.29) is 12.4 Å². The van der Waals surface area contributed by atoms with Crippen molar-refractivity contribution in [2.75, 3.05) is 19.7 Å². The van der Waals surface area contributed by atoms with Crippen molar-refractivity contribution in [3.05, 3.63) is 64.9 Å². The first kappa shape index (κ1) is 27.6. The van der Waals surface area contributed by atoms with Gasteiger partial charge in [-0.15, -0.1) is 11.3 Å². The third-order valence-corrected chi connectivity index (χ3v) is 8.00. The van der Waals surface area contributed by atoms with Crippen molar-refractivity contribution >= 4 is 44.3 Å². The fourth-order valence-electron chi connectivity index (χ4n) is 4.88. The fourth-order valence-corrected chi connectivity index (χ4v) is 6.12. The molecule has 8 nitrogen and oxygen atoms in total. The van der Waals surface area contributed by atoms with Gasteiger partial charge in [0.15, 0.2) is 0 Å². The van der Waals surface area contributed by atoms with Crippen LogP contribution in [0.4, 0.5) is 4.39 Å². The highest BCUT2D eigenvalue weighted by Gasteiger charge is 2.29. The van der Waals surface area contributed by atoms with Gasteiger partial charge in [-0.25, -0.2) is 14.0 Å². The average Bonchev–Trinajstić information content (AvgIpc) is 3.46. The van der Waals surface area contributed by atoms with Crippen LogP contribution < -0.4 is 4.74 Å². The number of aromatic amines is 1. The summed E-state index contributed by atoms with van der Waals surface area (Å²) in [6, 6.07) is 15.7. The van der Waals surface area contributed by atoms with Crippen molar-refractivity contribution in [2.24, 2.45) is 0 Å². The molecule has 1 aliphatic heterocycles. The molecule has 0 amide bonds. The number of aryl methyl sites for hydroxylation is 1. The zero-order valence-corrected chi connectivity index (χ0v) is 22.0. The van der Waals surface area contributed by atoms with E-state index in [0.29, 0.717) is 18.5 Å². The van der Waals surface area contributed by atoms with E-state index in [1.807, 2.05) is 31.2 Å². The summed E-state index contributed by atoms with van der Waals surface area (Å²) in [5, 5.41) is 27.6. The van der Waals surface area contributed by atoms with Crippen molar-refractivity contribution in [3.8, 4) is 5.75 Å². The number of carboxylic acids is 2. The number of rotatable bonds is 6. The van der Waals surface area contributed by atoms with Crippen molar-refractivity contribution in [1.29, 1.82) is 0 Å². The Kier molecular flexibility index (Phi) is 8.65. The van der Waals surface area contributed by atoms with E-state index in [1.54, 1.807) is 17.4 Å². The van der Waals surface area contributed by atoms with E-state index in [0.717, 1.165) is 51.8 Å². The number of H-pyrrole nitrogens is 1.